The summed E-state index contributed by atoms with van der Waals surface area (Å²) in [6, 6.07) is 1.76. The smallest absolute Gasteiger partial charge is 0.144 e. The van der Waals surface area contributed by atoms with E-state index in [0.29, 0.717) is 27.4 Å². The van der Waals surface area contributed by atoms with Crippen molar-refractivity contribution in [2.24, 2.45) is 0 Å². The second-order valence-electron chi connectivity index (χ2n) is 3.38. The van der Waals surface area contributed by atoms with Gasteiger partial charge in [0.25, 0.3) is 0 Å². The second-order valence-corrected chi connectivity index (χ2v) is 4.57. The van der Waals surface area contributed by atoms with Crippen LogP contribution in [0, 0.1) is 0 Å². The van der Waals surface area contributed by atoms with Crippen molar-refractivity contribution in [1.29, 1.82) is 0 Å². The summed E-state index contributed by atoms with van der Waals surface area (Å²) in [5.41, 5.74) is 0.864. The monoisotopic (exact) mass is 265 g/mol. The Morgan fingerprint density at radius 1 is 1.33 bits per heavy atom. The van der Waals surface area contributed by atoms with Gasteiger partial charge in [0.2, 0.25) is 0 Å². The summed E-state index contributed by atoms with van der Waals surface area (Å²) in [5, 5.41) is 4.67. The molecule has 1 aromatic rings. The Labute approximate surface area is 103 Å². The van der Waals surface area contributed by atoms with E-state index < -0.39 is 0 Å². The van der Waals surface area contributed by atoms with Crippen LogP contribution >= 0.6 is 34.8 Å². The molecule has 2 rings (SSSR count). The first-order valence-corrected chi connectivity index (χ1v) is 5.76. The maximum absolute atomic E-state index is 6.15. The van der Waals surface area contributed by atoms with E-state index in [1.165, 1.54) is 0 Å². The minimum atomic E-state index is 0.150. The van der Waals surface area contributed by atoms with Gasteiger partial charge in [-0.2, -0.15) is 0 Å². The highest BCUT2D eigenvalue weighted by molar-refractivity contribution is 6.44. The van der Waals surface area contributed by atoms with Crippen molar-refractivity contribution in [2.75, 3.05) is 13.7 Å². The van der Waals surface area contributed by atoms with E-state index in [1.54, 1.807) is 6.07 Å². The molecule has 0 spiro atoms. The fraction of sp³-hybridized carbons (Fsp3) is 0.400. The van der Waals surface area contributed by atoms with Crippen LogP contribution in [0.2, 0.25) is 15.1 Å². The van der Waals surface area contributed by atoms with Crippen LogP contribution in [0.1, 0.15) is 18.0 Å². The highest BCUT2D eigenvalue weighted by Gasteiger charge is 2.26. The van der Waals surface area contributed by atoms with E-state index in [4.69, 9.17) is 39.5 Å². The molecule has 0 fully saturated rings. The summed E-state index contributed by atoms with van der Waals surface area (Å²) < 4.78 is 5.51. The summed E-state index contributed by atoms with van der Waals surface area (Å²) in [7, 11) is 1.88. The molecule has 5 heteroatoms. The van der Waals surface area contributed by atoms with Crippen LogP contribution in [0.4, 0.5) is 0 Å². The van der Waals surface area contributed by atoms with Gasteiger partial charge in [0, 0.05) is 18.0 Å². The Kier molecular flexibility index (Phi) is 3.31. The average Bonchev–Trinajstić information content (AvgIpc) is 2.25. The normalized spacial score (nSPS) is 19.6. The number of nitrogens with one attached hydrogen (secondary N) is 1. The van der Waals surface area contributed by atoms with Crippen LogP contribution in [-0.2, 0) is 0 Å². The number of hydrogen-bond acceptors (Lipinski definition) is 2. The summed E-state index contributed by atoms with van der Waals surface area (Å²) in [5.74, 6) is 0.650. The van der Waals surface area contributed by atoms with Gasteiger partial charge in [0.1, 0.15) is 5.75 Å². The van der Waals surface area contributed by atoms with Crippen molar-refractivity contribution in [3.63, 3.8) is 0 Å². The summed E-state index contributed by atoms with van der Waals surface area (Å²) in [6.07, 6.45) is 0.861. The third-order valence-corrected chi connectivity index (χ3v) is 3.59. The largest absolute Gasteiger partial charge is 0.492 e. The minimum Gasteiger partial charge on any atom is -0.492 e. The van der Waals surface area contributed by atoms with Crippen LogP contribution in [0.3, 0.4) is 0 Å². The molecule has 1 atom stereocenters. The Morgan fingerprint density at radius 2 is 2.07 bits per heavy atom. The molecule has 0 radical (unpaired) electrons. The first-order valence-electron chi connectivity index (χ1n) is 4.62. The SMILES string of the molecule is CNC1CCOc2c(Cl)cc(Cl)c(Cl)c21. The quantitative estimate of drug-likeness (QED) is 0.783. The molecule has 0 bridgehead atoms. The highest BCUT2D eigenvalue weighted by atomic mass is 35.5. The van der Waals surface area contributed by atoms with Gasteiger partial charge in [0.15, 0.2) is 0 Å². The van der Waals surface area contributed by atoms with Crippen LogP contribution in [0.25, 0.3) is 0 Å². The fourth-order valence-electron chi connectivity index (χ4n) is 1.77. The van der Waals surface area contributed by atoms with Gasteiger partial charge in [0.05, 0.1) is 21.7 Å². The molecule has 1 heterocycles. The van der Waals surface area contributed by atoms with E-state index in [9.17, 15) is 0 Å². The molecule has 1 N–H and O–H groups in total. The third-order valence-electron chi connectivity index (χ3n) is 2.51. The molecule has 0 aromatic heterocycles. The standard InChI is InChI=1S/C10H10Cl3NO/c1-14-7-2-3-15-10-6(12)4-5(11)9(13)8(7)10/h4,7,14H,2-3H2,1H3. The van der Waals surface area contributed by atoms with E-state index >= 15 is 0 Å². The molecule has 1 unspecified atom stereocenters. The molecular weight excluding hydrogens is 256 g/mol. The Balaban J connectivity index is 2.62. The lowest BCUT2D eigenvalue weighted by Gasteiger charge is -2.27. The molecule has 1 aromatic carbocycles. The summed E-state index contributed by atoms with van der Waals surface area (Å²) >= 11 is 18.2. The maximum Gasteiger partial charge on any atom is 0.144 e. The van der Waals surface area contributed by atoms with Gasteiger partial charge in [-0.15, -0.1) is 0 Å². The molecule has 0 amide bonds. The second kappa shape index (κ2) is 4.38. The highest BCUT2D eigenvalue weighted by Crippen LogP contribution is 2.45. The zero-order valence-corrected chi connectivity index (χ0v) is 10.4. The zero-order valence-electron chi connectivity index (χ0n) is 8.11. The van der Waals surface area contributed by atoms with Crippen molar-refractivity contribution in [3.05, 3.63) is 26.7 Å². The minimum absolute atomic E-state index is 0.150. The van der Waals surface area contributed by atoms with Crippen LogP contribution in [0.15, 0.2) is 6.07 Å². The van der Waals surface area contributed by atoms with Crippen LogP contribution in [-0.4, -0.2) is 13.7 Å². The Bertz CT molecular complexity index is 395. The molecule has 82 valence electrons. The van der Waals surface area contributed by atoms with Gasteiger partial charge >= 0.3 is 0 Å². The number of rotatable bonds is 1. The van der Waals surface area contributed by atoms with Crippen molar-refractivity contribution in [3.8, 4) is 5.75 Å². The lowest BCUT2D eigenvalue weighted by molar-refractivity contribution is 0.258. The molecule has 2 nitrogen and oxygen atoms in total. The number of benzene rings is 1. The van der Waals surface area contributed by atoms with Gasteiger partial charge in [-0.25, -0.2) is 0 Å². The van der Waals surface area contributed by atoms with E-state index in [1.807, 2.05) is 7.05 Å². The number of fused-ring (bicyclic) bond motifs is 1. The Hall–Kier alpha value is -0.150. The first-order chi connectivity index (χ1) is 7.15. The van der Waals surface area contributed by atoms with Crippen LogP contribution in [0.5, 0.6) is 5.75 Å². The van der Waals surface area contributed by atoms with Crippen molar-refractivity contribution >= 4 is 34.8 Å². The maximum atomic E-state index is 6.15. The van der Waals surface area contributed by atoms with E-state index in [0.717, 1.165) is 12.0 Å². The predicted molar refractivity (Wildman–Crippen MR) is 63.4 cm³/mol. The molecule has 1 aliphatic rings. The van der Waals surface area contributed by atoms with Gasteiger partial charge in [-0.1, -0.05) is 34.8 Å². The van der Waals surface area contributed by atoms with Gasteiger partial charge in [-0.3, -0.25) is 0 Å². The number of hydrogen-bond donors (Lipinski definition) is 1. The van der Waals surface area contributed by atoms with Crippen molar-refractivity contribution in [1.82, 2.24) is 5.32 Å². The van der Waals surface area contributed by atoms with Gasteiger partial charge < -0.3 is 10.1 Å². The molecule has 0 aliphatic carbocycles. The lowest BCUT2D eigenvalue weighted by atomic mass is 10.0. The average molecular weight is 267 g/mol. The van der Waals surface area contributed by atoms with Crippen LogP contribution < -0.4 is 10.1 Å². The molecule has 15 heavy (non-hydrogen) atoms. The van der Waals surface area contributed by atoms with E-state index in [-0.39, 0.29) is 6.04 Å². The summed E-state index contributed by atoms with van der Waals surface area (Å²) in [6.45, 7) is 0.635. The molecule has 0 saturated heterocycles. The Morgan fingerprint density at radius 3 is 2.73 bits per heavy atom. The fourth-order valence-corrected chi connectivity index (χ4v) is 2.57. The third kappa shape index (κ3) is 1.92. The molecule has 0 saturated carbocycles. The molecular formula is C10H10Cl3NO. The van der Waals surface area contributed by atoms with E-state index in [2.05, 4.69) is 5.32 Å². The van der Waals surface area contributed by atoms with Crippen molar-refractivity contribution < 1.29 is 4.74 Å². The summed E-state index contributed by atoms with van der Waals surface area (Å²) in [4.78, 5) is 0. The predicted octanol–water partition coefficient (Wildman–Crippen LogP) is 3.69. The van der Waals surface area contributed by atoms with Gasteiger partial charge in [-0.05, 0) is 13.1 Å². The lowest BCUT2D eigenvalue weighted by Crippen LogP contribution is -2.24. The zero-order chi connectivity index (χ0) is 11.0. The van der Waals surface area contributed by atoms with Crippen molar-refractivity contribution in [2.45, 2.75) is 12.5 Å². The number of halogens is 3. The first kappa shape index (κ1) is 11.3. The molecule has 1 aliphatic heterocycles. The topological polar surface area (TPSA) is 21.3 Å². The number of ether oxygens (including phenoxy) is 1.